The zero-order valence-corrected chi connectivity index (χ0v) is 22.5. The molecule has 2 aromatic carbocycles. The Morgan fingerprint density at radius 3 is 2.51 bits per heavy atom. The van der Waals surface area contributed by atoms with Gasteiger partial charge in [0.05, 0.1) is 20.3 Å². The second-order valence-corrected chi connectivity index (χ2v) is 10.3. The number of amides is 3. The van der Waals surface area contributed by atoms with Gasteiger partial charge in [0.2, 0.25) is 0 Å². The number of aryl methyl sites for hydroxylation is 1. The second kappa shape index (κ2) is 10.8. The lowest BCUT2D eigenvalue weighted by molar-refractivity contribution is -0.136. The zero-order valence-electron chi connectivity index (χ0n) is 20.4. The van der Waals surface area contributed by atoms with Crippen LogP contribution in [0.5, 0.6) is 5.75 Å². The lowest BCUT2D eigenvalue weighted by Crippen LogP contribution is -2.57. The summed E-state index contributed by atoms with van der Waals surface area (Å²) in [4.78, 5) is 32.4. The van der Waals surface area contributed by atoms with Crippen LogP contribution in [0.4, 0.5) is 9.18 Å². The molecule has 0 aliphatic carbocycles. The van der Waals surface area contributed by atoms with Crippen LogP contribution in [0.2, 0.25) is 0 Å². The van der Waals surface area contributed by atoms with Crippen molar-refractivity contribution in [1.29, 1.82) is 0 Å². The van der Waals surface area contributed by atoms with Gasteiger partial charge in [-0.15, -0.1) is 0 Å². The number of rotatable bonds is 8. The summed E-state index contributed by atoms with van der Waals surface area (Å²) in [6.07, 6.45) is 1.000. The largest absolute Gasteiger partial charge is 0.497 e. The number of benzene rings is 2. The fourth-order valence-electron chi connectivity index (χ4n) is 5.02. The maximum atomic E-state index is 14.8. The molecule has 0 bridgehead atoms. The summed E-state index contributed by atoms with van der Waals surface area (Å²) in [5.74, 6) is 0.340. The van der Waals surface area contributed by atoms with Crippen LogP contribution in [0.15, 0.2) is 36.4 Å². The van der Waals surface area contributed by atoms with Crippen LogP contribution in [0.1, 0.15) is 29.5 Å². The number of hydrogen-bond acceptors (Lipinski definition) is 5. The number of imide groups is 1. The summed E-state index contributed by atoms with van der Waals surface area (Å²) in [6.45, 7) is 4.34. The molecule has 0 radical (unpaired) electrons. The molecule has 1 spiro atoms. The monoisotopic (exact) mass is 595 g/mol. The maximum Gasteiger partial charge on any atom is 0.328 e. The maximum absolute atomic E-state index is 14.8. The van der Waals surface area contributed by atoms with E-state index in [-0.39, 0.29) is 24.3 Å². The number of methoxy groups -OCH3 is 2. The molecule has 0 atom stereocenters. The van der Waals surface area contributed by atoms with Crippen molar-refractivity contribution in [3.8, 4) is 5.75 Å². The third kappa shape index (κ3) is 5.03. The summed E-state index contributed by atoms with van der Waals surface area (Å²) in [7, 11) is 3.17. The van der Waals surface area contributed by atoms with Crippen molar-refractivity contribution in [2.45, 2.75) is 38.4 Å². The molecule has 2 fully saturated rings. The number of carbonyl (C=O) groups excluding carboxylic acids is 2. The highest BCUT2D eigenvalue weighted by molar-refractivity contribution is 14.1. The molecule has 2 aromatic rings. The van der Waals surface area contributed by atoms with Gasteiger partial charge in [-0.25, -0.2) is 9.18 Å². The average Bonchev–Trinajstić information content (AvgIpc) is 3.05. The average molecular weight is 595 g/mol. The molecule has 4 rings (SSSR count). The second-order valence-electron chi connectivity index (χ2n) is 9.13. The molecule has 0 N–H and O–H groups in total. The summed E-state index contributed by atoms with van der Waals surface area (Å²) in [5, 5.41) is 0. The van der Waals surface area contributed by atoms with Crippen LogP contribution < -0.4 is 4.74 Å². The molecular weight excluding hydrogens is 564 g/mol. The van der Waals surface area contributed by atoms with E-state index in [0.29, 0.717) is 62.5 Å². The van der Waals surface area contributed by atoms with Gasteiger partial charge in [0.15, 0.2) is 0 Å². The quantitative estimate of drug-likeness (QED) is 0.339. The molecule has 0 aromatic heterocycles. The van der Waals surface area contributed by atoms with E-state index >= 15 is 0 Å². The van der Waals surface area contributed by atoms with Crippen LogP contribution in [0.3, 0.4) is 0 Å². The highest BCUT2D eigenvalue weighted by atomic mass is 127. The zero-order chi connectivity index (χ0) is 25.2. The molecule has 188 valence electrons. The normalized spacial score (nSPS) is 18.1. The van der Waals surface area contributed by atoms with Gasteiger partial charge < -0.3 is 14.4 Å². The van der Waals surface area contributed by atoms with Gasteiger partial charge in [0.25, 0.3) is 5.91 Å². The van der Waals surface area contributed by atoms with Crippen molar-refractivity contribution in [1.82, 2.24) is 14.7 Å². The molecular formula is C26H31FIN3O4. The topological polar surface area (TPSA) is 62.3 Å². The smallest absolute Gasteiger partial charge is 0.328 e. The van der Waals surface area contributed by atoms with Crippen molar-refractivity contribution in [3.05, 3.63) is 62.5 Å². The van der Waals surface area contributed by atoms with Crippen molar-refractivity contribution in [2.24, 2.45) is 0 Å². The van der Waals surface area contributed by atoms with Gasteiger partial charge in [0.1, 0.15) is 17.1 Å². The van der Waals surface area contributed by atoms with Crippen molar-refractivity contribution < 1.29 is 23.5 Å². The van der Waals surface area contributed by atoms with E-state index in [0.717, 1.165) is 9.13 Å². The highest BCUT2D eigenvalue weighted by Gasteiger charge is 2.57. The molecule has 0 unspecified atom stereocenters. The van der Waals surface area contributed by atoms with Crippen LogP contribution in [-0.4, -0.2) is 72.6 Å². The minimum Gasteiger partial charge on any atom is -0.497 e. The number of piperidine rings is 1. The predicted molar refractivity (Wildman–Crippen MR) is 139 cm³/mol. The van der Waals surface area contributed by atoms with Crippen LogP contribution in [-0.2, 0) is 22.6 Å². The van der Waals surface area contributed by atoms with E-state index in [4.69, 9.17) is 9.47 Å². The van der Waals surface area contributed by atoms with Gasteiger partial charge in [-0.1, -0.05) is 18.2 Å². The van der Waals surface area contributed by atoms with Gasteiger partial charge in [0, 0.05) is 42.4 Å². The van der Waals surface area contributed by atoms with Gasteiger partial charge in [-0.05, 0) is 71.7 Å². The Morgan fingerprint density at radius 1 is 1.09 bits per heavy atom. The number of likely N-dealkylation sites (tertiary alicyclic amines) is 1. The van der Waals surface area contributed by atoms with E-state index in [2.05, 4.69) is 27.5 Å². The Balaban J connectivity index is 1.53. The highest BCUT2D eigenvalue weighted by Crippen LogP contribution is 2.38. The van der Waals surface area contributed by atoms with Gasteiger partial charge in [-0.3, -0.25) is 14.6 Å². The third-order valence-electron chi connectivity index (χ3n) is 7.06. The van der Waals surface area contributed by atoms with E-state index in [1.807, 2.05) is 30.3 Å². The number of nitrogens with zero attached hydrogens (tertiary/aromatic N) is 3. The molecule has 35 heavy (non-hydrogen) atoms. The Kier molecular flexibility index (Phi) is 7.97. The van der Waals surface area contributed by atoms with Crippen molar-refractivity contribution in [3.63, 3.8) is 0 Å². The summed E-state index contributed by atoms with van der Waals surface area (Å²) >= 11 is 2.17. The molecule has 2 aliphatic rings. The molecule has 2 heterocycles. The number of hydrogen-bond donors (Lipinski definition) is 0. The molecule has 9 heteroatoms. The number of halogens is 2. The first-order chi connectivity index (χ1) is 16.8. The minimum atomic E-state index is -0.900. The number of carbonyl (C=O) groups is 2. The van der Waals surface area contributed by atoms with Crippen LogP contribution in [0, 0.1) is 16.3 Å². The predicted octanol–water partition coefficient (Wildman–Crippen LogP) is 4.19. The van der Waals surface area contributed by atoms with Crippen molar-refractivity contribution in [2.75, 3.05) is 40.5 Å². The fraction of sp³-hybridized carbons (Fsp3) is 0.462. The Labute approximate surface area is 219 Å². The minimum absolute atomic E-state index is 0.169. The molecule has 2 saturated heterocycles. The van der Waals surface area contributed by atoms with E-state index < -0.39 is 5.54 Å². The molecule has 3 amide bonds. The van der Waals surface area contributed by atoms with E-state index in [1.54, 1.807) is 32.1 Å². The first-order valence-electron chi connectivity index (χ1n) is 11.7. The number of ether oxygens (including phenoxy) is 2. The van der Waals surface area contributed by atoms with E-state index in [1.165, 1.54) is 4.90 Å². The number of urea groups is 1. The lowest BCUT2D eigenvalue weighted by atomic mass is 9.85. The Hall–Kier alpha value is -2.24. The fourth-order valence-corrected chi connectivity index (χ4v) is 5.60. The SMILES string of the molecule is COCCN1C(=O)N(Cc2cccc(OC)c2)C(=O)C12CCN(Cc1c(I)ccc(C)c1F)CC2. The summed E-state index contributed by atoms with van der Waals surface area (Å²) < 4.78 is 26.2. The molecule has 0 saturated carbocycles. The summed E-state index contributed by atoms with van der Waals surface area (Å²) in [5.41, 5.74) is 1.25. The standard InChI is InChI=1S/C26H31FIN3O4/c1-18-7-8-22(28)21(23(18)27)17-29-11-9-26(10-12-29)24(32)30(25(33)31(26)13-14-34-2)16-19-5-4-6-20(15-19)35-3/h4-8,15H,9-14,16-17H2,1-3H3. The van der Waals surface area contributed by atoms with Crippen LogP contribution in [0.25, 0.3) is 0 Å². The first kappa shape index (κ1) is 25.8. The van der Waals surface area contributed by atoms with Crippen molar-refractivity contribution >= 4 is 34.5 Å². The molecule has 2 aliphatic heterocycles. The third-order valence-corrected chi connectivity index (χ3v) is 8.07. The summed E-state index contributed by atoms with van der Waals surface area (Å²) in [6, 6.07) is 10.8. The van der Waals surface area contributed by atoms with Gasteiger partial charge in [-0.2, -0.15) is 0 Å². The molecule has 7 nitrogen and oxygen atoms in total. The Morgan fingerprint density at radius 2 is 1.83 bits per heavy atom. The Bertz CT molecular complexity index is 1100. The first-order valence-corrected chi connectivity index (χ1v) is 12.8. The van der Waals surface area contributed by atoms with Crippen LogP contribution >= 0.6 is 22.6 Å². The van der Waals surface area contributed by atoms with Gasteiger partial charge >= 0.3 is 6.03 Å². The lowest BCUT2D eigenvalue weighted by Gasteiger charge is -2.42. The van der Waals surface area contributed by atoms with E-state index in [9.17, 15) is 14.0 Å².